The molecular formula is C59H50N2. The molecule has 0 heterocycles. The second-order valence-electron chi connectivity index (χ2n) is 17.3. The standard InChI is InChI=1S/C59H50N2/c1-39-17-13-18-40(2)57(39)60(49-27-15-25-45(33-49)43-21-9-7-10-22-43)51-30-29-47-36-54-53-32-31-52(38-56(53)59(5,6)55(54)37-48(47)35-51)61(58-41(3)19-14-20-42(58)4)50-28-16-26-46(34-50)44-23-11-8-12-24-44/h7-38H,1-6H3. The molecule has 2 nitrogen and oxygen atoms in total. The van der Waals surface area contributed by atoms with Crippen LogP contribution in [0.4, 0.5) is 34.1 Å². The van der Waals surface area contributed by atoms with Crippen LogP contribution >= 0.6 is 0 Å². The van der Waals surface area contributed by atoms with Gasteiger partial charge in [-0.15, -0.1) is 0 Å². The van der Waals surface area contributed by atoms with E-state index in [1.807, 2.05) is 0 Å². The van der Waals surface area contributed by atoms with E-state index in [9.17, 15) is 0 Å². The zero-order valence-electron chi connectivity index (χ0n) is 35.9. The van der Waals surface area contributed by atoms with Gasteiger partial charge >= 0.3 is 0 Å². The highest BCUT2D eigenvalue weighted by Gasteiger charge is 2.37. The predicted octanol–water partition coefficient (Wildman–Crippen LogP) is 16.7. The first kappa shape index (κ1) is 38.1. The Morgan fingerprint density at radius 2 is 0.738 bits per heavy atom. The van der Waals surface area contributed by atoms with Gasteiger partial charge < -0.3 is 9.80 Å². The predicted molar refractivity (Wildman–Crippen MR) is 261 cm³/mol. The average Bonchev–Trinajstić information content (AvgIpc) is 3.50. The van der Waals surface area contributed by atoms with E-state index in [1.165, 1.54) is 88.9 Å². The number of hydrogen-bond acceptors (Lipinski definition) is 2. The minimum atomic E-state index is -0.223. The van der Waals surface area contributed by atoms with E-state index in [-0.39, 0.29) is 5.41 Å². The van der Waals surface area contributed by atoms with E-state index in [0.29, 0.717) is 0 Å². The first-order valence-electron chi connectivity index (χ1n) is 21.4. The van der Waals surface area contributed by atoms with Crippen molar-refractivity contribution in [1.82, 2.24) is 0 Å². The third-order valence-corrected chi connectivity index (χ3v) is 12.9. The van der Waals surface area contributed by atoms with Crippen LogP contribution in [0.5, 0.6) is 0 Å². The minimum absolute atomic E-state index is 0.223. The molecule has 61 heavy (non-hydrogen) atoms. The fourth-order valence-corrected chi connectivity index (χ4v) is 9.77. The SMILES string of the molecule is Cc1cccc(C)c1N(c1cccc(-c2ccccc2)c1)c1ccc2c(c1)C(C)(C)c1cc3cc(N(c4cccc(-c5ccccc5)c4)c4c(C)cccc4C)ccc3cc1-2. The van der Waals surface area contributed by atoms with Crippen molar-refractivity contribution in [1.29, 1.82) is 0 Å². The number of rotatable bonds is 8. The molecule has 0 unspecified atom stereocenters. The number of nitrogens with zero attached hydrogens (tertiary/aromatic N) is 2. The number of fused-ring (bicyclic) bond motifs is 4. The molecule has 0 amide bonds. The lowest BCUT2D eigenvalue weighted by atomic mass is 9.81. The highest BCUT2D eigenvalue weighted by molar-refractivity contribution is 5.97. The van der Waals surface area contributed by atoms with Gasteiger partial charge in [-0.3, -0.25) is 0 Å². The smallest absolute Gasteiger partial charge is 0.0519 e. The molecule has 2 heteroatoms. The lowest BCUT2D eigenvalue weighted by molar-refractivity contribution is 0.661. The Bertz CT molecular complexity index is 3060. The van der Waals surface area contributed by atoms with Crippen LogP contribution in [0.15, 0.2) is 194 Å². The molecule has 0 radical (unpaired) electrons. The van der Waals surface area contributed by atoms with Gasteiger partial charge in [-0.1, -0.05) is 147 Å². The van der Waals surface area contributed by atoms with Gasteiger partial charge in [0.25, 0.3) is 0 Å². The summed E-state index contributed by atoms with van der Waals surface area (Å²) in [5.41, 5.74) is 22.0. The summed E-state index contributed by atoms with van der Waals surface area (Å²) in [5.74, 6) is 0. The number of aryl methyl sites for hydroxylation is 4. The molecule has 10 rings (SSSR count). The molecule has 0 atom stereocenters. The molecule has 1 aliphatic carbocycles. The van der Waals surface area contributed by atoms with Crippen LogP contribution in [0.1, 0.15) is 47.2 Å². The molecule has 0 bridgehead atoms. The van der Waals surface area contributed by atoms with Crippen molar-refractivity contribution in [2.45, 2.75) is 47.0 Å². The summed E-state index contributed by atoms with van der Waals surface area (Å²) in [4.78, 5) is 4.92. The van der Waals surface area contributed by atoms with E-state index in [2.05, 4.69) is 245 Å². The van der Waals surface area contributed by atoms with E-state index in [4.69, 9.17) is 0 Å². The van der Waals surface area contributed by atoms with Gasteiger partial charge in [-0.05, 0) is 166 Å². The van der Waals surface area contributed by atoms with Crippen LogP contribution in [-0.2, 0) is 5.41 Å². The van der Waals surface area contributed by atoms with Crippen molar-refractivity contribution in [2.75, 3.05) is 9.80 Å². The summed E-state index contributed by atoms with van der Waals surface area (Å²) in [6, 6.07) is 71.5. The van der Waals surface area contributed by atoms with Crippen molar-refractivity contribution in [3.63, 3.8) is 0 Å². The van der Waals surface area contributed by atoms with Gasteiger partial charge in [0.2, 0.25) is 0 Å². The first-order chi connectivity index (χ1) is 29.7. The summed E-state index contributed by atoms with van der Waals surface area (Å²) >= 11 is 0. The molecule has 0 N–H and O–H groups in total. The maximum atomic E-state index is 2.47. The van der Waals surface area contributed by atoms with Crippen molar-refractivity contribution < 1.29 is 0 Å². The molecule has 9 aromatic carbocycles. The molecule has 0 saturated carbocycles. The molecule has 296 valence electrons. The van der Waals surface area contributed by atoms with Crippen molar-refractivity contribution in [3.8, 4) is 33.4 Å². The highest BCUT2D eigenvalue weighted by atomic mass is 15.2. The molecule has 0 aromatic heterocycles. The summed E-state index contributed by atoms with van der Waals surface area (Å²) in [5, 5.41) is 2.48. The van der Waals surface area contributed by atoms with Crippen molar-refractivity contribution in [3.05, 3.63) is 228 Å². The van der Waals surface area contributed by atoms with Gasteiger partial charge in [0.1, 0.15) is 0 Å². The van der Waals surface area contributed by atoms with Crippen LogP contribution in [-0.4, -0.2) is 0 Å². The van der Waals surface area contributed by atoms with E-state index >= 15 is 0 Å². The molecule has 0 aliphatic heterocycles. The third-order valence-electron chi connectivity index (χ3n) is 12.9. The largest absolute Gasteiger partial charge is 0.310 e. The Balaban J connectivity index is 1.09. The van der Waals surface area contributed by atoms with Crippen LogP contribution in [0.25, 0.3) is 44.2 Å². The molecule has 1 aliphatic rings. The lowest BCUT2D eigenvalue weighted by Crippen LogP contribution is -2.17. The zero-order valence-corrected chi connectivity index (χ0v) is 35.9. The third kappa shape index (κ3) is 6.69. The summed E-state index contributed by atoms with van der Waals surface area (Å²) in [6.07, 6.45) is 0. The highest BCUT2D eigenvalue weighted by Crippen LogP contribution is 2.53. The second kappa shape index (κ2) is 15.1. The number of benzene rings is 9. The minimum Gasteiger partial charge on any atom is -0.310 e. The van der Waals surface area contributed by atoms with Crippen LogP contribution in [0, 0.1) is 27.7 Å². The number of anilines is 6. The van der Waals surface area contributed by atoms with Gasteiger partial charge in [-0.2, -0.15) is 0 Å². The first-order valence-corrected chi connectivity index (χ1v) is 21.4. The van der Waals surface area contributed by atoms with Gasteiger partial charge in [0.15, 0.2) is 0 Å². The molecular weight excluding hydrogens is 737 g/mol. The molecule has 9 aromatic rings. The Labute approximate surface area is 361 Å². The second-order valence-corrected chi connectivity index (χ2v) is 17.3. The summed E-state index contributed by atoms with van der Waals surface area (Å²) in [6.45, 7) is 13.7. The fourth-order valence-electron chi connectivity index (χ4n) is 9.77. The number of hydrogen-bond donors (Lipinski definition) is 0. The Kier molecular flexibility index (Phi) is 9.45. The summed E-state index contributed by atoms with van der Waals surface area (Å²) < 4.78 is 0. The molecule has 0 spiro atoms. The van der Waals surface area contributed by atoms with Crippen LogP contribution in [0.2, 0.25) is 0 Å². The Morgan fingerprint density at radius 3 is 1.26 bits per heavy atom. The van der Waals surface area contributed by atoms with Gasteiger partial charge in [0.05, 0.1) is 11.4 Å². The van der Waals surface area contributed by atoms with E-state index < -0.39 is 0 Å². The normalized spacial score (nSPS) is 12.6. The average molecular weight is 787 g/mol. The Hall–Kier alpha value is -7.16. The van der Waals surface area contributed by atoms with Gasteiger partial charge in [0, 0.05) is 28.2 Å². The quantitative estimate of drug-likeness (QED) is 0.151. The number of para-hydroxylation sites is 2. The summed E-state index contributed by atoms with van der Waals surface area (Å²) in [7, 11) is 0. The van der Waals surface area contributed by atoms with E-state index in [0.717, 1.165) is 22.7 Å². The van der Waals surface area contributed by atoms with Crippen molar-refractivity contribution in [2.24, 2.45) is 0 Å². The van der Waals surface area contributed by atoms with Gasteiger partial charge in [-0.25, -0.2) is 0 Å². The maximum absolute atomic E-state index is 2.47. The van der Waals surface area contributed by atoms with Crippen LogP contribution < -0.4 is 9.80 Å². The lowest BCUT2D eigenvalue weighted by Gasteiger charge is -2.31. The Morgan fingerprint density at radius 1 is 0.311 bits per heavy atom. The fraction of sp³-hybridized carbons (Fsp3) is 0.119. The zero-order chi connectivity index (χ0) is 41.8. The topological polar surface area (TPSA) is 6.48 Å². The van der Waals surface area contributed by atoms with Crippen molar-refractivity contribution >= 4 is 44.9 Å². The molecule has 0 fully saturated rings. The maximum Gasteiger partial charge on any atom is 0.0519 e. The van der Waals surface area contributed by atoms with Crippen LogP contribution in [0.3, 0.4) is 0 Å². The molecule has 0 saturated heterocycles. The monoisotopic (exact) mass is 786 g/mol. The van der Waals surface area contributed by atoms with E-state index in [1.54, 1.807) is 0 Å².